The van der Waals surface area contributed by atoms with Gasteiger partial charge in [-0.15, -0.1) is 0 Å². The first kappa shape index (κ1) is 13.6. The molecule has 1 heterocycles. The highest BCUT2D eigenvalue weighted by Crippen LogP contribution is 2.20. The van der Waals surface area contributed by atoms with Gasteiger partial charge in [-0.2, -0.15) is 0 Å². The fourth-order valence-corrected chi connectivity index (χ4v) is 1.83. The molecule has 1 saturated heterocycles. The largest absolute Gasteiger partial charge is 0.382 e. The summed E-state index contributed by atoms with van der Waals surface area (Å²) in [4.78, 5) is 8.09. The van der Waals surface area contributed by atoms with Crippen molar-refractivity contribution in [3.05, 3.63) is 0 Å². The number of halogens is 1. The molecule has 6 heteroatoms. The summed E-state index contributed by atoms with van der Waals surface area (Å²) in [5, 5.41) is 11.8. The van der Waals surface area contributed by atoms with Crippen molar-refractivity contribution >= 4 is 24.0 Å². The third-order valence-corrected chi connectivity index (χ3v) is 3.62. The number of rotatable bonds is 2. The predicted molar refractivity (Wildman–Crippen MR) is 57.7 cm³/mol. The summed E-state index contributed by atoms with van der Waals surface area (Å²) >= 11 is 2.83. The second kappa shape index (κ2) is 9.16. The van der Waals surface area contributed by atoms with Crippen LogP contribution in [-0.2, 0) is 4.57 Å². The minimum Gasteiger partial charge on any atom is -0.382 e. The Morgan fingerprint density at radius 3 is 2.00 bits per heavy atom. The summed E-state index contributed by atoms with van der Waals surface area (Å²) in [7, 11) is -2.70. The predicted octanol–water partition coefficient (Wildman–Crippen LogP) is 0.927. The highest BCUT2D eigenvalue weighted by molar-refractivity contribution is 9.09. The zero-order valence-corrected chi connectivity index (χ0v) is 10.1. The molecule has 0 amide bonds. The molecule has 1 aliphatic rings. The van der Waals surface area contributed by atoms with E-state index >= 15 is 0 Å². The molecule has 80 valence electrons. The zero-order valence-electron chi connectivity index (χ0n) is 7.50. The molecule has 3 N–H and O–H groups in total. The van der Waals surface area contributed by atoms with Crippen LogP contribution in [0.2, 0.25) is 0 Å². The average molecular weight is 274 g/mol. The van der Waals surface area contributed by atoms with Gasteiger partial charge in [0.15, 0.2) is 0 Å². The number of hydrogen-bond donors (Lipinski definition) is 3. The molecule has 2 atom stereocenters. The molecule has 0 aromatic heterocycles. The Balaban J connectivity index is 0.000000223. The van der Waals surface area contributed by atoms with Crippen molar-refractivity contribution in [2.75, 3.05) is 18.4 Å². The number of hydrogen-bond acceptors (Lipinski definition) is 3. The molecule has 1 aliphatic heterocycles. The average Bonchev–Trinajstić information content (AvgIpc) is 2.20. The minimum atomic E-state index is -2.70. The van der Waals surface area contributed by atoms with Crippen LogP contribution in [0.3, 0.4) is 0 Å². The first-order valence-electron chi connectivity index (χ1n) is 4.36. The third kappa shape index (κ3) is 8.91. The molecule has 0 aromatic carbocycles. The molecule has 0 bridgehead atoms. The van der Waals surface area contributed by atoms with Crippen molar-refractivity contribution in [2.45, 2.75) is 25.1 Å². The maximum Gasteiger partial charge on any atom is 0.217 e. The van der Waals surface area contributed by atoms with Gasteiger partial charge in [-0.05, 0) is 25.9 Å². The van der Waals surface area contributed by atoms with Gasteiger partial charge in [0.05, 0.1) is 0 Å². The van der Waals surface area contributed by atoms with E-state index in [-0.39, 0.29) is 5.33 Å². The van der Waals surface area contributed by atoms with Crippen molar-refractivity contribution in [1.82, 2.24) is 5.32 Å². The monoisotopic (exact) mass is 273 g/mol. The zero-order chi connectivity index (χ0) is 10.1. The molecule has 0 aromatic rings. The normalized spacial score (nSPS) is 21.2. The third-order valence-electron chi connectivity index (χ3n) is 1.64. The maximum absolute atomic E-state index is 9.84. The standard InChI is InChI=1S/C5H11N.C2H6BrO3P/c1-2-4-6-5-3-1;3-1-2(4)7(5)6/h6H,1-5H2;2,4,7H,1H2,(H,5,6). The van der Waals surface area contributed by atoms with Crippen LogP contribution >= 0.6 is 24.0 Å². The lowest BCUT2D eigenvalue weighted by Crippen LogP contribution is -2.21. The molecule has 0 saturated carbocycles. The van der Waals surface area contributed by atoms with E-state index in [2.05, 4.69) is 21.2 Å². The van der Waals surface area contributed by atoms with Crippen LogP contribution in [0.5, 0.6) is 0 Å². The number of piperidine rings is 1. The Bertz CT molecular complexity index is 132. The van der Waals surface area contributed by atoms with Crippen LogP contribution in [-0.4, -0.2) is 34.3 Å². The van der Waals surface area contributed by atoms with Gasteiger partial charge in [0.2, 0.25) is 8.03 Å². The summed E-state index contributed by atoms with van der Waals surface area (Å²) in [5.74, 6) is -1.08. The van der Waals surface area contributed by atoms with E-state index < -0.39 is 13.9 Å². The Hall–Kier alpha value is 0.590. The van der Waals surface area contributed by atoms with Crippen molar-refractivity contribution in [3.63, 3.8) is 0 Å². The van der Waals surface area contributed by atoms with Crippen molar-refractivity contribution in [1.29, 1.82) is 0 Å². The molecule has 13 heavy (non-hydrogen) atoms. The summed E-state index contributed by atoms with van der Waals surface area (Å²) in [6, 6.07) is 0. The molecule has 0 radical (unpaired) electrons. The Labute approximate surface area is 87.7 Å². The molecule has 2 unspecified atom stereocenters. The fraction of sp³-hybridized carbons (Fsp3) is 1.00. The Morgan fingerprint density at radius 1 is 1.38 bits per heavy atom. The van der Waals surface area contributed by atoms with Gasteiger partial charge in [0, 0.05) is 5.33 Å². The van der Waals surface area contributed by atoms with Crippen LogP contribution in [0.4, 0.5) is 0 Å². The minimum absolute atomic E-state index is 0.168. The second-order valence-electron chi connectivity index (χ2n) is 2.82. The van der Waals surface area contributed by atoms with Gasteiger partial charge < -0.3 is 15.3 Å². The Morgan fingerprint density at radius 2 is 1.92 bits per heavy atom. The topological polar surface area (TPSA) is 69.6 Å². The molecular formula is C7H17BrNO3P. The van der Waals surface area contributed by atoms with Crippen LogP contribution in [0.25, 0.3) is 0 Å². The van der Waals surface area contributed by atoms with E-state index in [1.807, 2.05) is 0 Å². The second-order valence-corrected chi connectivity index (χ2v) is 4.81. The van der Waals surface area contributed by atoms with Crippen molar-refractivity contribution in [2.24, 2.45) is 0 Å². The van der Waals surface area contributed by atoms with Gasteiger partial charge in [-0.1, -0.05) is 22.4 Å². The summed E-state index contributed by atoms with van der Waals surface area (Å²) in [5.41, 5.74) is 0. The highest BCUT2D eigenvalue weighted by Gasteiger charge is 2.04. The van der Waals surface area contributed by atoms with Gasteiger partial charge in [-0.25, -0.2) is 0 Å². The quantitative estimate of drug-likeness (QED) is 0.517. The van der Waals surface area contributed by atoms with E-state index in [0.717, 1.165) is 0 Å². The SMILES string of the molecule is C1CCNCC1.O=[PH](O)C(O)CBr. The molecule has 1 fully saturated rings. The van der Waals surface area contributed by atoms with Crippen molar-refractivity contribution in [3.8, 4) is 0 Å². The lowest BCUT2D eigenvalue weighted by Gasteiger charge is -2.08. The summed E-state index contributed by atoms with van der Waals surface area (Å²) in [6.07, 6.45) is 4.22. The van der Waals surface area contributed by atoms with Crippen LogP contribution < -0.4 is 5.32 Å². The van der Waals surface area contributed by atoms with Gasteiger partial charge in [0.1, 0.15) is 5.85 Å². The Kier molecular flexibility index (Phi) is 9.57. The molecule has 0 aliphatic carbocycles. The van der Waals surface area contributed by atoms with E-state index in [1.54, 1.807) is 0 Å². The number of aliphatic hydroxyl groups excluding tert-OH is 1. The maximum atomic E-state index is 9.84. The molecule has 0 spiro atoms. The number of alkyl halides is 1. The lowest BCUT2D eigenvalue weighted by atomic mass is 10.2. The van der Waals surface area contributed by atoms with E-state index in [0.29, 0.717) is 0 Å². The molecule has 4 nitrogen and oxygen atoms in total. The number of nitrogens with one attached hydrogen (secondary N) is 1. The van der Waals surface area contributed by atoms with Gasteiger partial charge in [0.25, 0.3) is 0 Å². The lowest BCUT2D eigenvalue weighted by molar-refractivity contribution is 0.262. The number of aliphatic hydroxyl groups is 1. The van der Waals surface area contributed by atoms with Gasteiger partial charge >= 0.3 is 0 Å². The van der Waals surface area contributed by atoms with Crippen LogP contribution in [0, 0.1) is 0 Å². The van der Waals surface area contributed by atoms with E-state index in [4.69, 9.17) is 10.00 Å². The highest BCUT2D eigenvalue weighted by atomic mass is 79.9. The van der Waals surface area contributed by atoms with Gasteiger partial charge in [-0.3, -0.25) is 4.57 Å². The fourth-order valence-electron chi connectivity index (χ4n) is 0.868. The first-order valence-corrected chi connectivity index (χ1v) is 6.91. The van der Waals surface area contributed by atoms with Crippen LogP contribution in [0.1, 0.15) is 19.3 Å². The van der Waals surface area contributed by atoms with Crippen LogP contribution in [0.15, 0.2) is 0 Å². The van der Waals surface area contributed by atoms with Crippen molar-refractivity contribution < 1.29 is 14.6 Å². The van der Waals surface area contributed by atoms with E-state index in [1.165, 1.54) is 32.4 Å². The van der Waals surface area contributed by atoms with E-state index in [9.17, 15) is 4.57 Å². The summed E-state index contributed by atoms with van der Waals surface area (Å²) in [6.45, 7) is 2.50. The summed E-state index contributed by atoms with van der Waals surface area (Å²) < 4.78 is 9.84. The molecular weight excluding hydrogens is 257 g/mol. The smallest absolute Gasteiger partial charge is 0.217 e. The first-order chi connectivity index (χ1) is 6.18. The molecule has 1 rings (SSSR count).